The molecule has 0 aliphatic heterocycles. The normalized spacial score (nSPS) is 15.1. The number of hydrogen-bond acceptors (Lipinski definition) is 4. The minimum Gasteiger partial charge on any atom is -0.361 e. The van der Waals surface area contributed by atoms with Crippen LogP contribution in [0.1, 0.15) is 18.4 Å². The SMILES string of the molecule is N=C(/C=C\Nc1ccncc1)NC(=O)C1(c2ccccc2)CC1. The molecule has 1 saturated carbocycles. The maximum atomic E-state index is 12.5. The van der Waals surface area contributed by atoms with Crippen LogP contribution in [0.5, 0.6) is 0 Å². The average molecular weight is 306 g/mol. The third kappa shape index (κ3) is 3.45. The Morgan fingerprint density at radius 2 is 1.83 bits per heavy atom. The summed E-state index contributed by atoms with van der Waals surface area (Å²) in [6.07, 6.45) is 8.17. The maximum Gasteiger partial charge on any atom is 0.236 e. The number of anilines is 1. The van der Waals surface area contributed by atoms with Crippen LogP contribution in [0.25, 0.3) is 0 Å². The molecule has 2 aromatic rings. The Morgan fingerprint density at radius 3 is 2.48 bits per heavy atom. The Balaban J connectivity index is 1.57. The third-order valence-electron chi connectivity index (χ3n) is 3.94. The molecule has 116 valence electrons. The number of pyridine rings is 1. The Labute approximate surface area is 135 Å². The van der Waals surface area contributed by atoms with Crippen molar-refractivity contribution >= 4 is 17.4 Å². The lowest BCUT2D eigenvalue weighted by Crippen LogP contribution is -2.37. The van der Waals surface area contributed by atoms with E-state index in [1.807, 2.05) is 42.5 Å². The smallest absolute Gasteiger partial charge is 0.236 e. The van der Waals surface area contributed by atoms with E-state index >= 15 is 0 Å². The van der Waals surface area contributed by atoms with Gasteiger partial charge in [-0.1, -0.05) is 30.3 Å². The summed E-state index contributed by atoms with van der Waals surface area (Å²) >= 11 is 0. The van der Waals surface area contributed by atoms with Crippen molar-refractivity contribution in [3.05, 3.63) is 72.7 Å². The molecule has 0 saturated heterocycles. The van der Waals surface area contributed by atoms with Crippen LogP contribution in [0.15, 0.2) is 67.1 Å². The summed E-state index contributed by atoms with van der Waals surface area (Å²) in [7, 11) is 0. The minimum absolute atomic E-state index is 0.0683. The number of hydrogen-bond donors (Lipinski definition) is 3. The number of carbonyl (C=O) groups is 1. The number of nitrogens with one attached hydrogen (secondary N) is 3. The van der Waals surface area contributed by atoms with Gasteiger partial charge in [-0.2, -0.15) is 0 Å². The van der Waals surface area contributed by atoms with E-state index in [0.717, 1.165) is 24.1 Å². The molecule has 5 heteroatoms. The molecule has 0 bridgehead atoms. The van der Waals surface area contributed by atoms with Gasteiger partial charge in [0, 0.05) is 24.3 Å². The van der Waals surface area contributed by atoms with Crippen molar-refractivity contribution < 1.29 is 4.79 Å². The molecular weight excluding hydrogens is 288 g/mol. The standard InChI is InChI=1S/C18H18N4O/c19-16(8-13-21-15-6-11-20-12-7-15)22-17(23)18(9-10-18)14-4-2-1-3-5-14/h1-8,11-13H,9-10H2,(H,20,21)(H2,19,22,23)/b13-8-. The minimum atomic E-state index is -0.458. The number of benzene rings is 1. The van der Waals surface area contributed by atoms with Crippen molar-refractivity contribution in [2.24, 2.45) is 0 Å². The first-order chi connectivity index (χ1) is 11.2. The van der Waals surface area contributed by atoms with Crippen LogP contribution in [0.3, 0.4) is 0 Å². The van der Waals surface area contributed by atoms with Gasteiger partial charge in [0.05, 0.1) is 5.41 Å². The fourth-order valence-electron chi connectivity index (χ4n) is 2.48. The highest BCUT2D eigenvalue weighted by atomic mass is 16.2. The van der Waals surface area contributed by atoms with E-state index < -0.39 is 5.41 Å². The highest BCUT2D eigenvalue weighted by molar-refractivity contribution is 6.07. The van der Waals surface area contributed by atoms with Crippen LogP contribution < -0.4 is 10.6 Å². The molecule has 1 aromatic heterocycles. The molecule has 5 nitrogen and oxygen atoms in total. The first kappa shape index (κ1) is 15.0. The second-order valence-electron chi connectivity index (χ2n) is 5.53. The Hall–Kier alpha value is -2.95. The van der Waals surface area contributed by atoms with E-state index in [-0.39, 0.29) is 11.7 Å². The average Bonchev–Trinajstić information content (AvgIpc) is 3.38. The third-order valence-corrected chi connectivity index (χ3v) is 3.94. The summed E-state index contributed by atoms with van der Waals surface area (Å²) in [6, 6.07) is 13.4. The van der Waals surface area contributed by atoms with Crippen LogP contribution in [0.4, 0.5) is 5.69 Å². The first-order valence-electron chi connectivity index (χ1n) is 7.49. The van der Waals surface area contributed by atoms with Crippen LogP contribution in [0, 0.1) is 5.41 Å². The monoisotopic (exact) mass is 306 g/mol. The van der Waals surface area contributed by atoms with Gasteiger partial charge in [0.1, 0.15) is 5.84 Å². The zero-order valence-electron chi connectivity index (χ0n) is 12.6. The molecule has 0 radical (unpaired) electrons. The molecule has 1 amide bonds. The van der Waals surface area contributed by atoms with Crippen molar-refractivity contribution in [3.8, 4) is 0 Å². The number of nitrogens with zero attached hydrogens (tertiary/aromatic N) is 1. The Morgan fingerprint density at radius 1 is 1.13 bits per heavy atom. The molecule has 1 aromatic carbocycles. The largest absolute Gasteiger partial charge is 0.361 e. The van der Waals surface area contributed by atoms with Gasteiger partial charge in [-0.15, -0.1) is 0 Å². The number of carbonyl (C=O) groups excluding carboxylic acids is 1. The van der Waals surface area contributed by atoms with Crippen LogP contribution in [-0.2, 0) is 10.2 Å². The predicted octanol–water partition coefficient (Wildman–Crippen LogP) is 2.83. The van der Waals surface area contributed by atoms with Crippen LogP contribution >= 0.6 is 0 Å². The van der Waals surface area contributed by atoms with Gasteiger partial charge in [-0.25, -0.2) is 0 Å². The summed E-state index contributed by atoms with van der Waals surface area (Å²) in [6.45, 7) is 0. The Bertz CT molecular complexity index is 721. The number of amides is 1. The van der Waals surface area contributed by atoms with Crippen molar-refractivity contribution in [1.82, 2.24) is 10.3 Å². The van der Waals surface area contributed by atoms with E-state index in [4.69, 9.17) is 5.41 Å². The van der Waals surface area contributed by atoms with Gasteiger partial charge in [-0.3, -0.25) is 15.2 Å². The van der Waals surface area contributed by atoms with E-state index in [9.17, 15) is 4.79 Å². The molecule has 0 spiro atoms. The van der Waals surface area contributed by atoms with Gasteiger partial charge < -0.3 is 10.6 Å². The lowest BCUT2D eigenvalue weighted by atomic mass is 9.95. The summed E-state index contributed by atoms with van der Waals surface area (Å²) in [5, 5.41) is 13.6. The number of rotatable bonds is 5. The molecule has 0 unspecified atom stereocenters. The fraction of sp³-hybridized carbons (Fsp3) is 0.167. The van der Waals surface area contributed by atoms with E-state index in [1.165, 1.54) is 6.08 Å². The molecule has 1 aliphatic rings. The second kappa shape index (κ2) is 6.44. The molecular formula is C18H18N4O. The maximum absolute atomic E-state index is 12.5. The summed E-state index contributed by atoms with van der Waals surface area (Å²) < 4.78 is 0. The highest BCUT2D eigenvalue weighted by Crippen LogP contribution is 2.48. The molecule has 3 N–H and O–H groups in total. The van der Waals surface area contributed by atoms with E-state index in [2.05, 4.69) is 15.6 Å². The zero-order valence-corrected chi connectivity index (χ0v) is 12.6. The number of aromatic nitrogens is 1. The van der Waals surface area contributed by atoms with E-state index in [1.54, 1.807) is 18.6 Å². The van der Waals surface area contributed by atoms with E-state index in [0.29, 0.717) is 0 Å². The van der Waals surface area contributed by atoms with Crippen LogP contribution in [0.2, 0.25) is 0 Å². The van der Waals surface area contributed by atoms with Crippen molar-refractivity contribution in [3.63, 3.8) is 0 Å². The zero-order chi connectivity index (χ0) is 16.1. The van der Waals surface area contributed by atoms with Gasteiger partial charge in [0.25, 0.3) is 0 Å². The molecule has 0 atom stereocenters. The summed E-state index contributed by atoms with van der Waals surface area (Å²) in [5.74, 6) is -0.0407. The topological polar surface area (TPSA) is 77.9 Å². The molecule has 1 aliphatic carbocycles. The molecule has 1 fully saturated rings. The Kier molecular flexibility index (Phi) is 4.19. The number of amidine groups is 1. The lowest BCUT2D eigenvalue weighted by molar-refractivity contribution is -0.122. The van der Waals surface area contributed by atoms with Gasteiger partial charge in [-0.05, 0) is 36.6 Å². The second-order valence-corrected chi connectivity index (χ2v) is 5.53. The van der Waals surface area contributed by atoms with Crippen LogP contribution in [-0.4, -0.2) is 16.7 Å². The van der Waals surface area contributed by atoms with Crippen molar-refractivity contribution in [1.29, 1.82) is 5.41 Å². The molecule has 23 heavy (non-hydrogen) atoms. The predicted molar refractivity (Wildman–Crippen MR) is 90.2 cm³/mol. The fourth-order valence-corrected chi connectivity index (χ4v) is 2.48. The van der Waals surface area contributed by atoms with Gasteiger partial charge >= 0.3 is 0 Å². The summed E-state index contributed by atoms with van der Waals surface area (Å²) in [5.41, 5.74) is 1.43. The lowest BCUT2D eigenvalue weighted by Gasteiger charge is -2.15. The molecule has 1 heterocycles. The highest BCUT2D eigenvalue weighted by Gasteiger charge is 2.51. The quantitative estimate of drug-likeness (QED) is 0.587. The van der Waals surface area contributed by atoms with Gasteiger partial charge in [0.2, 0.25) is 5.91 Å². The molecule has 3 rings (SSSR count). The summed E-state index contributed by atoms with van der Waals surface area (Å²) in [4.78, 5) is 16.4. The first-order valence-corrected chi connectivity index (χ1v) is 7.49. The van der Waals surface area contributed by atoms with Crippen molar-refractivity contribution in [2.45, 2.75) is 18.3 Å². The van der Waals surface area contributed by atoms with Crippen molar-refractivity contribution in [2.75, 3.05) is 5.32 Å². The van der Waals surface area contributed by atoms with Gasteiger partial charge in [0.15, 0.2) is 0 Å².